The predicted molar refractivity (Wildman–Crippen MR) is 143 cm³/mol. The number of carbonyl (C=O) groups excluding carboxylic acids is 1. The summed E-state index contributed by atoms with van der Waals surface area (Å²) in [6.07, 6.45) is 12.3. The molecule has 0 bridgehead atoms. The number of ketones is 1. The van der Waals surface area contributed by atoms with Crippen LogP contribution in [0.4, 0.5) is 0 Å². The maximum atomic E-state index is 13.3. The van der Waals surface area contributed by atoms with Gasteiger partial charge in [-0.1, -0.05) is 66.7 Å². The monoisotopic (exact) mass is 489 g/mol. The topological polar surface area (TPSA) is 53.4 Å². The van der Waals surface area contributed by atoms with Crippen LogP contribution in [0.3, 0.4) is 0 Å². The molecule has 0 aromatic rings. The lowest BCUT2D eigenvalue weighted by Gasteiger charge is -2.73. The van der Waals surface area contributed by atoms with Crippen LogP contribution < -0.4 is 0 Å². The van der Waals surface area contributed by atoms with E-state index in [2.05, 4.69) is 60.6 Å². The lowest BCUT2D eigenvalue weighted by atomic mass is 9.31. The fourth-order valence-corrected chi connectivity index (χ4v) is 11.5. The first kappa shape index (κ1) is 24.9. The van der Waals surface area contributed by atoms with Crippen molar-refractivity contribution in [1.29, 1.82) is 5.26 Å². The second kappa shape index (κ2) is 7.16. The first-order valence-electron chi connectivity index (χ1n) is 14.6. The number of rotatable bonds is 1. The molecule has 0 N–H and O–H groups in total. The summed E-state index contributed by atoms with van der Waals surface area (Å²) < 4.78 is 6.10. The molecule has 1 heterocycles. The van der Waals surface area contributed by atoms with Gasteiger partial charge in [-0.2, -0.15) is 5.26 Å². The molecule has 36 heavy (non-hydrogen) atoms. The van der Waals surface area contributed by atoms with Crippen LogP contribution in [0.1, 0.15) is 99.8 Å². The third kappa shape index (κ3) is 2.86. The molecule has 196 valence electrons. The summed E-state index contributed by atoms with van der Waals surface area (Å²) in [5.41, 5.74) is 2.25. The van der Waals surface area contributed by atoms with E-state index in [1.807, 2.05) is 0 Å². The Morgan fingerprint density at radius 2 is 1.64 bits per heavy atom. The molecule has 1 saturated heterocycles. The Bertz CT molecular complexity index is 1100. The SMILES string of the molecule is C=C1C[C@@H]2[C@@]3(C)C=C(C#N)C(=O)C(C)(C)[C@@H]3CC[C@@]2(C)[C@]2(C)CC[C@@]3(C4CO4)CCC(C)(C)CC3C12. The highest BCUT2D eigenvalue weighted by Gasteiger charge is 2.72. The van der Waals surface area contributed by atoms with Crippen molar-refractivity contribution in [2.45, 2.75) is 106 Å². The van der Waals surface area contributed by atoms with Crippen LogP contribution in [-0.4, -0.2) is 18.5 Å². The van der Waals surface area contributed by atoms with E-state index >= 15 is 0 Å². The van der Waals surface area contributed by atoms with Gasteiger partial charge in [-0.15, -0.1) is 0 Å². The Morgan fingerprint density at radius 1 is 0.972 bits per heavy atom. The van der Waals surface area contributed by atoms with Gasteiger partial charge in [0.2, 0.25) is 0 Å². The van der Waals surface area contributed by atoms with Gasteiger partial charge in [0.1, 0.15) is 6.07 Å². The summed E-state index contributed by atoms with van der Waals surface area (Å²) in [6, 6.07) is 2.30. The van der Waals surface area contributed by atoms with E-state index in [-0.39, 0.29) is 27.9 Å². The molecule has 5 fully saturated rings. The Hall–Kier alpha value is -1.40. The van der Waals surface area contributed by atoms with Gasteiger partial charge in [0.25, 0.3) is 0 Å². The Morgan fingerprint density at radius 3 is 2.28 bits per heavy atom. The van der Waals surface area contributed by atoms with Crippen molar-refractivity contribution < 1.29 is 9.53 Å². The molecule has 4 saturated carbocycles. The molecule has 0 spiro atoms. The van der Waals surface area contributed by atoms with Crippen molar-refractivity contribution >= 4 is 5.78 Å². The highest BCUT2D eigenvalue weighted by Crippen LogP contribution is 2.78. The minimum absolute atomic E-state index is 0.0473. The Balaban J connectivity index is 1.47. The van der Waals surface area contributed by atoms with Crippen LogP contribution >= 0.6 is 0 Å². The number of hydrogen-bond donors (Lipinski definition) is 0. The van der Waals surface area contributed by atoms with Gasteiger partial charge >= 0.3 is 0 Å². The van der Waals surface area contributed by atoms with Crippen molar-refractivity contribution in [2.24, 2.45) is 56.2 Å². The van der Waals surface area contributed by atoms with Crippen molar-refractivity contribution in [1.82, 2.24) is 0 Å². The van der Waals surface area contributed by atoms with Crippen molar-refractivity contribution in [3.8, 4) is 6.07 Å². The van der Waals surface area contributed by atoms with E-state index in [0.29, 0.717) is 40.3 Å². The van der Waals surface area contributed by atoms with Crippen molar-refractivity contribution in [3.63, 3.8) is 0 Å². The minimum atomic E-state index is -0.493. The fourth-order valence-electron chi connectivity index (χ4n) is 11.5. The predicted octanol–water partition coefficient (Wildman–Crippen LogP) is 7.67. The normalized spacial score (nSPS) is 52.6. The number of allylic oxidation sites excluding steroid dienone is 3. The maximum Gasteiger partial charge on any atom is 0.178 e. The number of Topliss-reactive ketones (excluding diaryl/α,β-unsaturated/α-hetero) is 1. The summed E-state index contributed by atoms with van der Waals surface area (Å²) in [5.74, 6) is 1.92. The zero-order valence-electron chi connectivity index (χ0n) is 23.8. The lowest BCUT2D eigenvalue weighted by molar-refractivity contribution is -0.214. The van der Waals surface area contributed by atoms with Gasteiger partial charge in [-0.05, 0) is 96.7 Å². The largest absolute Gasteiger partial charge is 0.373 e. The summed E-state index contributed by atoms with van der Waals surface area (Å²) in [7, 11) is 0. The molecule has 0 amide bonds. The fraction of sp³-hybridized carbons (Fsp3) is 0.818. The van der Waals surface area contributed by atoms with Crippen LogP contribution in [0.15, 0.2) is 23.8 Å². The molecule has 0 aromatic heterocycles. The number of ether oxygens (including phenoxy) is 1. The molecule has 6 aliphatic rings. The van der Waals surface area contributed by atoms with Crippen LogP contribution in [0, 0.1) is 67.5 Å². The van der Waals surface area contributed by atoms with E-state index in [0.717, 1.165) is 19.4 Å². The van der Waals surface area contributed by atoms with E-state index < -0.39 is 5.41 Å². The highest BCUT2D eigenvalue weighted by molar-refractivity contribution is 6.04. The number of epoxide rings is 1. The molecule has 3 heteroatoms. The van der Waals surface area contributed by atoms with Gasteiger partial charge in [0.15, 0.2) is 5.78 Å². The number of nitrogens with zero attached hydrogens (tertiary/aromatic N) is 1. The molecule has 5 aliphatic carbocycles. The van der Waals surface area contributed by atoms with Gasteiger partial charge < -0.3 is 4.74 Å². The van der Waals surface area contributed by atoms with Gasteiger partial charge in [-0.3, -0.25) is 4.79 Å². The Labute approximate surface area is 219 Å². The third-order valence-electron chi connectivity index (χ3n) is 13.7. The summed E-state index contributed by atoms with van der Waals surface area (Å²) >= 11 is 0. The zero-order chi connectivity index (χ0) is 26.1. The summed E-state index contributed by atoms with van der Waals surface area (Å²) in [6.45, 7) is 22.6. The number of carbonyl (C=O) groups is 1. The number of fused-ring (bicyclic) bond motifs is 7. The molecule has 3 nitrogen and oxygen atoms in total. The smallest absolute Gasteiger partial charge is 0.178 e. The minimum Gasteiger partial charge on any atom is -0.373 e. The van der Waals surface area contributed by atoms with Crippen LogP contribution in [0.2, 0.25) is 0 Å². The van der Waals surface area contributed by atoms with E-state index in [1.54, 1.807) is 0 Å². The first-order valence-corrected chi connectivity index (χ1v) is 14.6. The molecule has 1 aliphatic heterocycles. The molecule has 0 aromatic carbocycles. The Kier molecular flexibility index (Phi) is 4.96. The molecular weight excluding hydrogens is 442 g/mol. The van der Waals surface area contributed by atoms with E-state index in [1.165, 1.54) is 44.1 Å². The van der Waals surface area contributed by atoms with Crippen LogP contribution in [0.25, 0.3) is 0 Å². The average Bonchev–Trinajstić information content (AvgIpc) is 3.63. The number of nitriles is 1. The van der Waals surface area contributed by atoms with Crippen LogP contribution in [0.5, 0.6) is 0 Å². The van der Waals surface area contributed by atoms with E-state index in [4.69, 9.17) is 11.3 Å². The maximum absolute atomic E-state index is 13.3. The second-order valence-electron chi connectivity index (χ2n) is 15.9. The second-order valence-corrected chi connectivity index (χ2v) is 15.9. The average molecular weight is 490 g/mol. The van der Waals surface area contributed by atoms with Crippen LogP contribution in [-0.2, 0) is 9.53 Å². The molecule has 0 radical (unpaired) electrons. The lowest BCUT2D eigenvalue weighted by Crippen LogP contribution is -2.67. The third-order valence-corrected chi connectivity index (χ3v) is 13.7. The number of hydrogen-bond acceptors (Lipinski definition) is 3. The van der Waals surface area contributed by atoms with Gasteiger partial charge in [0, 0.05) is 10.8 Å². The van der Waals surface area contributed by atoms with E-state index in [9.17, 15) is 10.1 Å². The summed E-state index contributed by atoms with van der Waals surface area (Å²) in [5, 5.41) is 9.94. The highest BCUT2D eigenvalue weighted by atomic mass is 16.6. The quantitative estimate of drug-likeness (QED) is 0.280. The molecule has 9 atom stereocenters. The van der Waals surface area contributed by atoms with Gasteiger partial charge in [-0.25, -0.2) is 0 Å². The standard InChI is InChI=1S/C33H47NO2/c1-20-15-24-30(6)16-21(18-34)27(35)29(4,5)23(30)9-10-31(24,7)32(8)12-14-33(25-19-36-25)13-11-28(2,3)17-22(33)26(20)32/h16,22-26H,1,9-15,17,19H2,2-8H3/t22?,23-,24+,25?,26?,30-,31+,32+,33-/m0/s1. The summed E-state index contributed by atoms with van der Waals surface area (Å²) in [4.78, 5) is 13.3. The van der Waals surface area contributed by atoms with Crippen molar-refractivity contribution in [2.75, 3.05) is 6.61 Å². The van der Waals surface area contributed by atoms with Crippen molar-refractivity contribution in [3.05, 3.63) is 23.8 Å². The molecular formula is C33H47NO2. The molecule has 6 rings (SSSR count). The molecule has 3 unspecified atom stereocenters. The zero-order valence-corrected chi connectivity index (χ0v) is 23.8. The van der Waals surface area contributed by atoms with Gasteiger partial charge in [0.05, 0.1) is 18.3 Å². The first-order chi connectivity index (χ1) is 16.7.